The summed E-state index contributed by atoms with van der Waals surface area (Å²) in [5, 5.41) is 0. The number of benzene rings is 1. The Morgan fingerprint density at radius 2 is 1.84 bits per heavy atom. The van der Waals surface area contributed by atoms with Crippen molar-refractivity contribution < 1.29 is 13.2 Å². The maximum atomic E-state index is 12.0. The van der Waals surface area contributed by atoms with Crippen molar-refractivity contribution in [1.82, 2.24) is 0 Å². The first-order valence-electron chi connectivity index (χ1n) is 6.41. The van der Waals surface area contributed by atoms with Gasteiger partial charge in [0.1, 0.15) is 12.4 Å². The van der Waals surface area contributed by atoms with E-state index in [0.29, 0.717) is 6.54 Å². The third kappa shape index (κ3) is 4.51. The quantitative estimate of drug-likeness (QED) is 0.865. The summed E-state index contributed by atoms with van der Waals surface area (Å²) in [7, 11) is -3.14. The lowest BCUT2D eigenvalue weighted by atomic mass is 10.1. The van der Waals surface area contributed by atoms with Gasteiger partial charge >= 0.3 is 0 Å². The molecule has 0 aromatic heterocycles. The second-order valence-electron chi connectivity index (χ2n) is 5.43. The fourth-order valence-electron chi connectivity index (χ4n) is 1.57. The van der Waals surface area contributed by atoms with Gasteiger partial charge in [0.15, 0.2) is 9.84 Å². The van der Waals surface area contributed by atoms with Crippen LogP contribution in [0.3, 0.4) is 0 Å². The van der Waals surface area contributed by atoms with Crippen LogP contribution in [0.4, 0.5) is 0 Å². The normalized spacial score (nSPS) is 12.4. The molecule has 0 spiro atoms. The van der Waals surface area contributed by atoms with E-state index in [9.17, 15) is 8.42 Å². The van der Waals surface area contributed by atoms with E-state index >= 15 is 0 Å². The van der Waals surface area contributed by atoms with Gasteiger partial charge in [-0.25, -0.2) is 8.42 Å². The van der Waals surface area contributed by atoms with Crippen molar-refractivity contribution in [3.63, 3.8) is 0 Å². The monoisotopic (exact) mass is 285 g/mol. The smallest absolute Gasteiger partial charge is 0.158 e. The lowest BCUT2D eigenvalue weighted by Crippen LogP contribution is -2.32. The number of sulfone groups is 1. The molecule has 0 aliphatic rings. The summed E-state index contributed by atoms with van der Waals surface area (Å²) in [6.07, 6.45) is 0.724. The standard InChI is InChI=1S/C14H23NO3S/c1-14(2,3)19(16,17)11-10-18-13-7-5-4-6-12(13)8-9-15/h4-7H,8-11,15H2,1-3H3. The zero-order valence-electron chi connectivity index (χ0n) is 11.8. The van der Waals surface area contributed by atoms with Crippen molar-refractivity contribution in [2.24, 2.45) is 5.73 Å². The molecule has 0 radical (unpaired) electrons. The maximum absolute atomic E-state index is 12.0. The molecule has 1 rings (SSSR count). The Bertz CT molecular complexity index is 504. The van der Waals surface area contributed by atoms with Crippen molar-refractivity contribution >= 4 is 9.84 Å². The summed E-state index contributed by atoms with van der Waals surface area (Å²) < 4.78 is 28.7. The summed E-state index contributed by atoms with van der Waals surface area (Å²) in [6.45, 7) is 5.81. The van der Waals surface area contributed by atoms with Gasteiger partial charge in [-0.3, -0.25) is 0 Å². The Morgan fingerprint density at radius 1 is 1.21 bits per heavy atom. The van der Waals surface area contributed by atoms with Gasteiger partial charge in [0.2, 0.25) is 0 Å². The minimum Gasteiger partial charge on any atom is -0.492 e. The fraction of sp³-hybridized carbons (Fsp3) is 0.571. The van der Waals surface area contributed by atoms with Crippen LogP contribution in [0.1, 0.15) is 26.3 Å². The van der Waals surface area contributed by atoms with Gasteiger partial charge in [-0.2, -0.15) is 0 Å². The number of hydrogen-bond donors (Lipinski definition) is 1. The highest BCUT2D eigenvalue weighted by atomic mass is 32.2. The van der Waals surface area contributed by atoms with Crippen molar-refractivity contribution in [2.45, 2.75) is 31.9 Å². The van der Waals surface area contributed by atoms with Gasteiger partial charge < -0.3 is 10.5 Å². The zero-order valence-corrected chi connectivity index (χ0v) is 12.7. The van der Waals surface area contributed by atoms with E-state index in [0.717, 1.165) is 17.7 Å². The molecule has 0 saturated heterocycles. The van der Waals surface area contributed by atoms with Crippen LogP contribution in [0.15, 0.2) is 24.3 Å². The first-order valence-corrected chi connectivity index (χ1v) is 8.06. The first kappa shape index (κ1) is 16.0. The highest BCUT2D eigenvalue weighted by molar-refractivity contribution is 7.92. The summed E-state index contributed by atoms with van der Waals surface area (Å²) in [5.74, 6) is 0.741. The van der Waals surface area contributed by atoms with Crippen molar-refractivity contribution in [2.75, 3.05) is 18.9 Å². The zero-order chi connectivity index (χ0) is 14.5. The minimum atomic E-state index is -3.14. The lowest BCUT2D eigenvalue weighted by molar-refractivity contribution is 0.336. The summed E-state index contributed by atoms with van der Waals surface area (Å²) >= 11 is 0. The van der Waals surface area contributed by atoms with Crippen LogP contribution in [0.5, 0.6) is 5.75 Å². The van der Waals surface area contributed by atoms with E-state index in [4.69, 9.17) is 10.5 Å². The Labute approximate surface area is 115 Å². The minimum absolute atomic E-state index is 0.0213. The molecule has 1 aromatic rings. The van der Waals surface area contributed by atoms with Crippen molar-refractivity contribution in [3.8, 4) is 5.75 Å². The lowest BCUT2D eigenvalue weighted by Gasteiger charge is -2.19. The molecule has 0 amide bonds. The molecule has 0 unspecified atom stereocenters. The molecule has 1 aromatic carbocycles. The molecule has 0 saturated carbocycles. The highest BCUT2D eigenvalue weighted by Crippen LogP contribution is 2.20. The van der Waals surface area contributed by atoms with Gasteiger partial charge in [-0.1, -0.05) is 18.2 Å². The van der Waals surface area contributed by atoms with Gasteiger partial charge in [-0.15, -0.1) is 0 Å². The van der Waals surface area contributed by atoms with Crippen LogP contribution in [-0.4, -0.2) is 32.1 Å². The number of ether oxygens (including phenoxy) is 1. The third-order valence-electron chi connectivity index (χ3n) is 2.93. The van der Waals surface area contributed by atoms with E-state index in [1.807, 2.05) is 24.3 Å². The number of para-hydroxylation sites is 1. The topological polar surface area (TPSA) is 69.4 Å². The average Bonchev–Trinajstić information content (AvgIpc) is 2.30. The molecular weight excluding hydrogens is 262 g/mol. The van der Waals surface area contributed by atoms with Crippen molar-refractivity contribution in [1.29, 1.82) is 0 Å². The molecule has 0 fully saturated rings. The van der Waals surface area contributed by atoms with Crippen LogP contribution < -0.4 is 10.5 Å². The van der Waals surface area contributed by atoms with Gasteiger partial charge in [0.05, 0.1) is 10.5 Å². The fourth-order valence-corrected chi connectivity index (χ4v) is 2.49. The van der Waals surface area contributed by atoms with Crippen LogP contribution >= 0.6 is 0 Å². The molecule has 0 heterocycles. The molecule has 0 aliphatic carbocycles. The van der Waals surface area contributed by atoms with E-state index < -0.39 is 14.6 Å². The second-order valence-corrected chi connectivity index (χ2v) is 8.29. The van der Waals surface area contributed by atoms with E-state index in [2.05, 4.69) is 0 Å². The maximum Gasteiger partial charge on any atom is 0.158 e. The van der Waals surface area contributed by atoms with Gasteiger partial charge in [-0.05, 0) is 45.4 Å². The molecule has 5 heteroatoms. The van der Waals surface area contributed by atoms with Crippen LogP contribution in [0, 0.1) is 0 Å². The highest BCUT2D eigenvalue weighted by Gasteiger charge is 2.28. The first-order chi connectivity index (χ1) is 8.78. The molecule has 2 N–H and O–H groups in total. The molecule has 0 aliphatic heterocycles. The molecule has 19 heavy (non-hydrogen) atoms. The largest absolute Gasteiger partial charge is 0.492 e. The van der Waals surface area contributed by atoms with E-state index in [-0.39, 0.29) is 12.4 Å². The van der Waals surface area contributed by atoms with E-state index in [1.54, 1.807) is 20.8 Å². The number of rotatable bonds is 6. The van der Waals surface area contributed by atoms with Crippen LogP contribution in [0.25, 0.3) is 0 Å². The Hall–Kier alpha value is -1.07. The van der Waals surface area contributed by atoms with E-state index in [1.165, 1.54) is 0 Å². The molecule has 108 valence electrons. The summed E-state index contributed by atoms with van der Waals surface area (Å²) in [6, 6.07) is 7.58. The predicted octanol–water partition coefficient (Wildman–Crippen LogP) is 1.78. The molecule has 0 bridgehead atoms. The average molecular weight is 285 g/mol. The number of hydrogen-bond acceptors (Lipinski definition) is 4. The van der Waals surface area contributed by atoms with Crippen LogP contribution in [0.2, 0.25) is 0 Å². The number of nitrogens with two attached hydrogens (primary N) is 1. The van der Waals surface area contributed by atoms with Crippen molar-refractivity contribution in [3.05, 3.63) is 29.8 Å². The molecule has 0 atom stereocenters. The van der Waals surface area contributed by atoms with Crippen LogP contribution in [-0.2, 0) is 16.3 Å². The summed E-state index contributed by atoms with van der Waals surface area (Å²) in [5.41, 5.74) is 6.55. The Kier molecular flexibility index (Phi) is 5.38. The second kappa shape index (κ2) is 6.39. The summed E-state index contributed by atoms with van der Waals surface area (Å²) in [4.78, 5) is 0. The predicted molar refractivity (Wildman–Crippen MR) is 78.2 cm³/mol. The van der Waals surface area contributed by atoms with Gasteiger partial charge in [0, 0.05) is 0 Å². The molecular formula is C14H23NO3S. The Balaban J connectivity index is 2.64. The molecule has 4 nitrogen and oxygen atoms in total. The Morgan fingerprint density at radius 3 is 2.42 bits per heavy atom. The SMILES string of the molecule is CC(C)(C)S(=O)(=O)CCOc1ccccc1CCN. The third-order valence-corrected chi connectivity index (χ3v) is 5.50. The van der Waals surface area contributed by atoms with Gasteiger partial charge in [0.25, 0.3) is 0 Å².